The van der Waals surface area contributed by atoms with E-state index in [0.717, 1.165) is 16.9 Å². The molecule has 3 aromatic rings. The lowest BCUT2D eigenvalue weighted by Crippen LogP contribution is -2.71. The predicted molar refractivity (Wildman–Crippen MR) is 185 cm³/mol. The Balaban J connectivity index is 0.000000317. The van der Waals surface area contributed by atoms with Crippen LogP contribution in [0.2, 0.25) is 39.3 Å². The van der Waals surface area contributed by atoms with Crippen molar-refractivity contribution in [2.24, 2.45) is 11.0 Å². The van der Waals surface area contributed by atoms with E-state index in [4.69, 9.17) is 12.3 Å². The van der Waals surface area contributed by atoms with Crippen LogP contribution < -0.4 is 15.4 Å². The number of para-hydroxylation sites is 1. The second kappa shape index (κ2) is 14.0. The molecule has 5 nitrogen and oxygen atoms in total. The molecule has 41 heavy (non-hydrogen) atoms. The van der Waals surface area contributed by atoms with Crippen molar-refractivity contribution in [2.75, 3.05) is 11.6 Å². The maximum atomic E-state index is 7.08. The Morgan fingerprint density at radius 1 is 0.683 bits per heavy atom. The SMILES string of the molecule is C=C[Si](C)(C)O[Si](C)(C)O[Si](O[Si](C)(C)C=C)(c1ccccc1)c1ccccc1.CC1C=NN(c2ccccc2)C1. The first-order chi connectivity index (χ1) is 19.3. The molecule has 1 unspecified atom stereocenters. The van der Waals surface area contributed by atoms with Crippen LogP contribution in [0.25, 0.3) is 0 Å². The molecule has 0 N–H and O–H groups in total. The maximum Gasteiger partial charge on any atom is 0.388 e. The summed E-state index contributed by atoms with van der Waals surface area (Å²) in [6.45, 7) is 24.1. The lowest BCUT2D eigenvalue weighted by atomic mass is 10.2. The smallest absolute Gasteiger partial charge is 0.388 e. The van der Waals surface area contributed by atoms with Gasteiger partial charge in [0.2, 0.25) is 8.32 Å². The van der Waals surface area contributed by atoms with Gasteiger partial charge in [0.1, 0.15) is 0 Å². The van der Waals surface area contributed by atoms with Gasteiger partial charge in [0.05, 0.1) is 5.69 Å². The van der Waals surface area contributed by atoms with Crippen LogP contribution in [0.5, 0.6) is 0 Å². The predicted octanol–water partition coefficient (Wildman–Crippen LogP) is 6.98. The number of nitrogens with zero attached hydrogens (tertiary/aromatic N) is 2. The highest BCUT2D eigenvalue weighted by Crippen LogP contribution is 2.25. The quantitative estimate of drug-likeness (QED) is 0.218. The third kappa shape index (κ3) is 9.43. The van der Waals surface area contributed by atoms with Crippen LogP contribution in [0.3, 0.4) is 0 Å². The number of anilines is 1. The van der Waals surface area contributed by atoms with Crippen LogP contribution in [0.15, 0.2) is 121 Å². The average molecular weight is 619 g/mol. The minimum Gasteiger partial charge on any atom is -0.433 e. The third-order valence-corrected chi connectivity index (χ3v) is 21.2. The second-order valence-electron chi connectivity index (χ2n) is 11.8. The number of benzene rings is 3. The zero-order valence-corrected chi connectivity index (χ0v) is 29.7. The molecule has 1 aliphatic rings. The second-order valence-corrected chi connectivity index (χ2v) is 26.7. The van der Waals surface area contributed by atoms with Gasteiger partial charge in [-0.25, -0.2) is 0 Å². The zero-order chi connectivity index (χ0) is 30.2. The van der Waals surface area contributed by atoms with E-state index in [-0.39, 0.29) is 0 Å². The highest BCUT2D eigenvalue weighted by molar-refractivity contribution is 7.03. The fraction of sp³-hybridized carbons (Fsp3) is 0.281. The fourth-order valence-corrected chi connectivity index (χ4v) is 20.6. The maximum absolute atomic E-state index is 7.08. The van der Waals surface area contributed by atoms with Crippen molar-refractivity contribution in [2.45, 2.75) is 46.2 Å². The molecule has 0 fully saturated rings. The average Bonchev–Trinajstić information content (AvgIpc) is 3.40. The summed E-state index contributed by atoms with van der Waals surface area (Å²) in [7, 11) is -9.80. The van der Waals surface area contributed by atoms with Gasteiger partial charge in [0.25, 0.3) is 0 Å². The van der Waals surface area contributed by atoms with Gasteiger partial charge in [-0.05, 0) is 61.8 Å². The molecule has 0 amide bonds. The van der Waals surface area contributed by atoms with Gasteiger partial charge in [0, 0.05) is 18.7 Å². The van der Waals surface area contributed by atoms with Crippen molar-refractivity contribution in [3.8, 4) is 0 Å². The van der Waals surface area contributed by atoms with E-state index in [1.807, 2.05) is 77.2 Å². The topological polar surface area (TPSA) is 43.3 Å². The van der Waals surface area contributed by atoms with Crippen molar-refractivity contribution in [1.82, 2.24) is 0 Å². The number of rotatable bonds is 11. The fourth-order valence-electron chi connectivity index (χ4n) is 4.53. The highest BCUT2D eigenvalue weighted by Gasteiger charge is 2.51. The van der Waals surface area contributed by atoms with E-state index in [9.17, 15) is 0 Å². The first-order valence-electron chi connectivity index (χ1n) is 14.2. The standard InChI is InChI=1S/C22H34O3Si4.C10H12N2/c1-9-26(3,4)23-28(7,8)25-29(24-27(5,6)10-2,21-17-13-11-14-18-21)22-19-15-12-16-20-22;1-9-7-11-12(8-9)10-5-3-2-4-6-10/h9-20H,1-2H2,3-8H3;2-7,9H,8H2,1H3. The van der Waals surface area contributed by atoms with Gasteiger partial charge in [0.15, 0.2) is 8.32 Å². The largest absolute Gasteiger partial charge is 0.433 e. The van der Waals surface area contributed by atoms with E-state index in [1.54, 1.807) is 0 Å². The number of hydrogen-bond acceptors (Lipinski definition) is 5. The molecule has 0 bridgehead atoms. The molecule has 0 aromatic heterocycles. The molecular weight excluding hydrogens is 573 g/mol. The van der Waals surface area contributed by atoms with Gasteiger partial charge < -0.3 is 12.3 Å². The summed E-state index contributed by atoms with van der Waals surface area (Å²) in [5, 5.41) is 8.51. The van der Waals surface area contributed by atoms with E-state index in [0.29, 0.717) is 5.92 Å². The van der Waals surface area contributed by atoms with E-state index in [1.165, 1.54) is 5.69 Å². The summed E-state index contributed by atoms with van der Waals surface area (Å²) >= 11 is 0. The first kappa shape index (κ1) is 32.9. The van der Waals surface area contributed by atoms with Crippen LogP contribution in [0, 0.1) is 5.92 Å². The van der Waals surface area contributed by atoms with Crippen LogP contribution in [0.4, 0.5) is 5.69 Å². The van der Waals surface area contributed by atoms with Gasteiger partial charge in [-0.2, -0.15) is 5.10 Å². The van der Waals surface area contributed by atoms with Crippen molar-refractivity contribution >= 4 is 56.0 Å². The van der Waals surface area contributed by atoms with Crippen molar-refractivity contribution < 1.29 is 12.3 Å². The van der Waals surface area contributed by atoms with Crippen LogP contribution in [0.1, 0.15) is 6.92 Å². The Labute approximate surface area is 252 Å². The Morgan fingerprint density at radius 2 is 1.12 bits per heavy atom. The van der Waals surface area contributed by atoms with Crippen LogP contribution in [-0.2, 0) is 12.3 Å². The Kier molecular flexibility index (Phi) is 11.2. The monoisotopic (exact) mass is 618 g/mol. The summed E-state index contributed by atoms with van der Waals surface area (Å²) < 4.78 is 20.7. The van der Waals surface area contributed by atoms with Gasteiger partial charge in [-0.3, -0.25) is 5.01 Å². The molecule has 9 heteroatoms. The Bertz CT molecular complexity index is 1250. The summed E-state index contributed by atoms with van der Waals surface area (Å²) in [6.07, 6.45) is 1.99. The van der Waals surface area contributed by atoms with Gasteiger partial charge >= 0.3 is 17.1 Å². The van der Waals surface area contributed by atoms with Crippen LogP contribution >= 0.6 is 0 Å². The molecule has 4 rings (SSSR count). The van der Waals surface area contributed by atoms with E-state index >= 15 is 0 Å². The molecule has 0 aliphatic carbocycles. The van der Waals surface area contributed by atoms with Gasteiger partial charge in [-0.1, -0.05) is 97.2 Å². The van der Waals surface area contributed by atoms with Crippen molar-refractivity contribution in [3.63, 3.8) is 0 Å². The lowest BCUT2D eigenvalue weighted by molar-refractivity contribution is 0.345. The molecular formula is C32H46N2O3Si4. The summed E-state index contributed by atoms with van der Waals surface area (Å²) in [5.41, 5.74) is 5.11. The molecule has 1 aliphatic heterocycles. The Hall–Kier alpha value is -2.64. The zero-order valence-electron chi connectivity index (χ0n) is 25.7. The Morgan fingerprint density at radius 3 is 1.54 bits per heavy atom. The summed E-state index contributed by atoms with van der Waals surface area (Å²) in [5.74, 6) is 0.574. The molecule has 0 radical (unpaired) electrons. The normalized spacial score (nSPS) is 15.7. The molecule has 0 saturated carbocycles. The number of hydrogen-bond donors (Lipinski definition) is 0. The van der Waals surface area contributed by atoms with E-state index in [2.05, 4.69) is 101 Å². The lowest BCUT2D eigenvalue weighted by Gasteiger charge is -2.43. The third-order valence-electron chi connectivity index (χ3n) is 6.57. The minimum absolute atomic E-state index is 0.574. The molecule has 1 atom stereocenters. The summed E-state index contributed by atoms with van der Waals surface area (Å²) in [6, 6.07) is 31.0. The first-order valence-corrected chi connectivity index (χ1v) is 24.8. The number of hydrazone groups is 1. The molecule has 0 spiro atoms. The summed E-state index contributed by atoms with van der Waals surface area (Å²) in [4.78, 5) is 0. The van der Waals surface area contributed by atoms with E-state index < -0.39 is 33.8 Å². The minimum atomic E-state index is -3.04. The van der Waals surface area contributed by atoms with Crippen molar-refractivity contribution in [1.29, 1.82) is 0 Å². The van der Waals surface area contributed by atoms with Crippen LogP contribution in [-0.4, -0.2) is 46.5 Å². The van der Waals surface area contributed by atoms with Crippen molar-refractivity contribution in [3.05, 3.63) is 116 Å². The van der Waals surface area contributed by atoms with Gasteiger partial charge in [-0.15, -0.1) is 13.2 Å². The molecule has 0 saturated heterocycles. The molecule has 1 heterocycles. The highest BCUT2D eigenvalue weighted by atomic mass is 28.5. The molecule has 3 aromatic carbocycles. The molecule has 218 valence electrons.